The van der Waals surface area contributed by atoms with Gasteiger partial charge in [-0.2, -0.15) is 11.8 Å². The zero-order valence-corrected chi connectivity index (χ0v) is 17.0. The summed E-state index contributed by atoms with van der Waals surface area (Å²) in [5.74, 6) is -0.530. The fourth-order valence-electron chi connectivity index (χ4n) is 2.56. The molecule has 0 heterocycles. The number of thioether (sulfide) groups is 1. The second-order valence-corrected chi connectivity index (χ2v) is 7.24. The predicted octanol–water partition coefficient (Wildman–Crippen LogP) is 3.53. The average Bonchev–Trinajstić information content (AvgIpc) is 2.75. The summed E-state index contributed by atoms with van der Waals surface area (Å²) in [4.78, 5) is 37.1. The van der Waals surface area contributed by atoms with E-state index in [4.69, 9.17) is 4.74 Å². The number of hydrogen-bond acceptors (Lipinski definition) is 5. The minimum absolute atomic E-state index is 0.269. The average molecular weight is 400 g/mol. The maximum atomic E-state index is 12.5. The summed E-state index contributed by atoms with van der Waals surface area (Å²) in [5, 5.41) is 2.71. The van der Waals surface area contributed by atoms with Crippen LogP contribution in [-0.4, -0.2) is 42.3 Å². The van der Waals surface area contributed by atoms with E-state index in [2.05, 4.69) is 5.32 Å². The van der Waals surface area contributed by atoms with Gasteiger partial charge in [0.15, 0.2) is 12.4 Å². The van der Waals surface area contributed by atoms with Crippen molar-refractivity contribution in [3.05, 3.63) is 71.3 Å². The standard InChI is InChI=1S/C22H25NO4S/c1-3-16-9-11-17(12-10-16)20(24)15-27-22(26)19(13-14-28-2)23-21(25)18-7-5-4-6-8-18/h4-12,19H,3,13-15H2,1-2H3,(H,23,25)/t19-/m1/s1. The number of aryl methyl sites for hydroxylation is 1. The third-order valence-electron chi connectivity index (χ3n) is 4.27. The monoisotopic (exact) mass is 399 g/mol. The molecule has 1 N–H and O–H groups in total. The number of Topliss-reactive ketones (excluding diaryl/α,β-unsaturated/α-hetero) is 1. The van der Waals surface area contributed by atoms with Crippen LogP contribution in [0.25, 0.3) is 0 Å². The van der Waals surface area contributed by atoms with Crippen molar-refractivity contribution in [2.45, 2.75) is 25.8 Å². The van der Waals surface area contributed by atoms with Crippen LogP contribution in [0.3, 0.4) is 0 Å². The van der Waals surface area contributed by atoms with Crippen molar-refractivity contribution in [1.82, 2.24) is 5.32 Å². The van der Waals surface area contributed by atoms with Crippen molar-refractivity contribution in [2.75, 3.05) is 18.6 Å². The zero-order valence-electron chi connectivity index (χ0n) is 16.1. The lowest BCUT2D eigenvalue weighted by Crippen LogP contribution is -2.42. The van der Waals surface area contributed by atoms with Gasteiger partial charge in [-0.1, -0.05) is 49.4 Å². The molecule has 5 nitrogen and oxygen atoms in total. The highest BCUT2D eigenvalue weighted by Gasteiger charge is 2.23. The third kappa shape index (κ3) is 6.53. The third-order valence-corrected chi connectivity index (χ3v) is 4.91. The summed E-state index contributed by atoms with van der Waals surface area (Å²) >= 11 is 1.57. The van der Waals surface area contributed by atoms with Crippen molar-refractivity contribution in [1.29, 1.82) is 0 Å². The van der Waals surface area contributed by atoms with E-state index in [1.807, 2.05) is 31.4 Å². The Hall–Kier alpha value is -2.60. The van der Waals surface area contributed by atoms with Gasteiger partial charge in [-0.15, -0.1) is 0 Å². The van der Waals surface area contributed by atoms with Crippen molar-refractivity contribution in [2.24, 2.45) is 0 Å². The van der Waals surface area contributed by atoms with Gasteiger partial charge < -0.3 is 10.1 Å². The molecule has 28 heavy (non-hydrogen) atoms. The highest BCUT2D eigenvalue weighted by Crippen LogP contribution is 2.08. The maximum absolute atomic E-state index is 12.5. The summed E-state index contributed by atoms with van der Waals surface area (Å²) in [6.07, 6.45) is 3.24. The van der Waals surface area contributed by atoms with E-state index < -0.39 is 12.0 Å². The molecule has 1 amide bonds. The molecular formula is C22H25NO4S. The predicted molar refractivity (Wildman–Crippen MR) is 112 cm³/mol. The molecule has 148 valence electrons. The van der Waals surface area contributed by atoms with E-state index in [1.165, 1.54) is 0 Å². The summed E-state index contributed by atoms with van der Waals surface area (Å²) in [5.41, 5.74) is 2.10. The van der Waals surface area contributed by atoms with E-state index in [1.54, 1.807) is 48.2 Å². The van der Waals surface area contributed by atoms with E-state index >= 15 is 0 Å². The number of rotatable bonds is 10. The van der Waals surface area contributed by atoms with E-state index in [0.717, 1.165) is 12.0 Å². The van der Waals surface area contributed by atoms with Gasteiger partial charge in [0.05, 0.1) is 0 Å². The van der Waals surface area contributed by atoms with Crippen LogP contribution in [0.1, 0.15) is 39.6 Å². The fraction of sp³-hybridized carbons (Fsp3) is 0.318. The topological polar surface area (TPSA) is 72.5 Å². The molecule has 0 aromatic heterocycles. The molecular weight excluding hydrogens is 374 g/mol. The largest absolute Gasteiger partial charge is 0.456 e. The Morgan fingerprint density at radius 3 is 2.29 bits per heavy atom. The molecule has 0 bridgehead atoms. The summed E-state index contributed by atoms with van der Waals surface area (Å²) in [6, 6.07) is 15.1. The second kappa shape index (κ2) is 11.3. The van der Waals surface area contributed by atoms with Gasteiger partial charge in [-0.3, -0.25) is 9.59 Å². The number of ether oxygens (including phenoxy) is 1. The molecule has 0 aliphatic carbocycles. The van der Waals surface area contributed by atoms with Gasteiger partial charge in [-0.25, -0.2) is 4.79 Å². The SMILES string of the molecule is CCc1ccc(C(=O)COC(=O)[C@@H](CCSC)NC(=O)c2ccccc2)cc1. The fourth-order valence-corrected chi connectivity index (χ4v) is 3.03. The lowest BCUT2D eigenvalue weighted by Gasteiger charge is -2.17. The molecule has 0 fully saturated rings. The van der Waals surface area contributed by atoms with Crippen LogP contribution in [0.15, 0.2) is 54.6 Å². The normalized spacial score (nSPS) is 11.5. The number of hydrogen-bond donors (Lipinski definition) is 1. The minimum Gasteiger partial charge on any atom is -0.456 e. The number of nitrogens with one attached hydrogen (secondary N) is 1. The first-order valence-electron chi connectivity index (χ1n) is 9.18. The van der Waals surface area contributed by atoms with Gasteiger partial charge >= 0.3 is 5.97 Å². The maximum Gasteiger partial charge on any atom is 0.329 e. The van der Waals surface area contributed by atoms with Gasteiger partial charge in [0.2, 0.25) is 0 Å². The Morgan fingerprint density at radius 2 is 1.68 bits per heavy atom. The van der Waals surface area contributed by atoms with Crippen molar-refractivity contribution in [3.8, 4) is 0 Å². The molecule has 0 radical (unpaired) electrons. The summed E-state index contributed by atoms with van der Waals surface area (Å²) < 4.78 is 5.20. The molecule has 6 heteroatoms. The lowest BCUT2D eigenvalue weighted by atomic mass is 10.1. The van der Waals surface area contributed by atoms with Gasteiger partial charge in [0.1, 0.15) is 6.04 Å². The van der Waals surface area contributed by atoms with Crippen LogP contribution in [-0.2, 0) is 16.0 Å². The second-order valence-electron chi connectivity index (χ2n) is 6.25. The Labute approximate surface area is 169 Å². The molecule has 0 aliphatic heterocycles. The van der Waals surface area contributed by atoms with Crippen LogP contribution < -0.4 is 5.32 Å². The molecule has 2 aromatic carbocycles. The minimum atomic E-state index is -0.796. The molecule has 0 saturated heterocycles. The molecule has 1 atom stereocenters. The summed E-state index contributed by atoms with van der Waals surface area (Å²) in [7, 11) is 0. The van der Waals surface area contributed by atoms with E-state index in [0.29, 0.717) is 23.3 Å². The van der Waals surface area contributed by atoms with Crippen molar-refractivity contribution >= 4 is 29.4 Å². The number of amides is 1. The Balaban J connectivity index is 1.95. The molecule has 0 aliphatic rings. The number of benzene rings is 2. The van der Waals surface area contributed by atoms with Gasteiger partial charge in [0.25, 0.3) is 5.91 Å². The number of carbonyl (C=O) groups is 3. The van der Waals surface area contributed by atoms with Crippen LogP contribution >= 0.6 is 11.8 Å². The lowest BCUT2D eigenvalue weighted by molar-refractivity contribution is -0.144. The molecule has 0 unspecified atom stereocenters. The smallest absolute Gasteiger partial charge is 0.329 e. The van der Waals surface area contributed by atoms with Gasteiger partial charge in [0, 0.05) is 11.1 Å². The van der Waals surface area contributed by atoms with E-state index in [-0.39, 0.29) is 18.3 Å². The van der Waals surface area contributed by atoms with Crippen LogP contribution in [0, 0.1) is 0 Å². The quantitative estimate of drug-likeness (QED) is 0.489. The number of carbonyl (C=O) groups excluding carboxylic acids is 3. The van der Waals surface area contributed by atoms with Crippen molar-refractivity contribution in [3.63, 3.8) is 0 Å². The van der Waals surface area contributed by atoms with Crippen LogP contribution in [0.4, 0.5) is 0 Å². The van der Waals surface area contributed by atoms with Crippen molar-refractivity contribution < 1.29 is 19.1 Å². The summed E-state index contributed by atoms with van der Waals surface area (Å²) in [6.45, 7) is 1.69. The Morgan fingerprint density at radius 1 is 1.00 bits per heavy atom. The first-order valence-corrected chi connectivity index (χ1v) is 10.6. The van der Waals surface area contributed by atoms with Gasteiger partial charge in [-0.05, 0) is 42.5 Å². The number of ketones is 1. The zero-order chi connectivity index (χ0) is 20.4. The highest BCUT2D eigenvalue weighted by molar-refractivity contribution is 7.98. The van der Waals surface area contributed by atoms with Crippen LogP contribution in [0.5, 0.6) is 0 Å². The van der Waals surface area contributed by atoms with Crippen LogP contribution in [0.2, 0.25) is 0 Å². The van der Waals surface area contributed by atoms with E-state index in [9.17, 15) is 14.4 Å². The molecule has 0 saturated carbocycles. The Bertz CT molecular complexity index is 790. The Kier molecular flexibility index (Phi) is 8.75. The molecule has 2 rings (SSSR count). The highest BCUT2D eigenvalue weighted by atomic mass is 32.2. The first-order chi connectivity index (χ1) is 13.5. The first kappa shape index (κ1) is 21.7. The molecule has 0 spiro atoms. The molecule has 2 aromatic rings. The number of esters is 1.